The number of ether oxygens (including phenoxy) is 1. The van der Waals surface area contributed by atoms with Gasteiger partial charge in [0.25, 0.3) is 15.9 Å². The van der Waals surface area contributed by atoms with Crippen LogP contribution in [0.3, 0.4) is 0 Å². The molecule has 0 spiro atoms. The number of morpholine rings is 1. The highest BCUT2D eigenvalue weighted by atomic mass is 35.5. The maximum absolute atomic E-state index is 14.1. The molecule has 2 aromatic carbocycles. The lowest BCUT2D eigenvalue weighted by Crippen LogP contribution is -2.52. The van der Waals surface area contributed by atoms with Crippen molar-refractivity contribution in [3.8, 4) is 5.82 Å². The number of anilines is 2. The minimum absolute atomic E-state index is 0.0109. The van der Waals surface area contributed by atoms with Crippen LogP contribution in [0.5, 0.6) is 0 Å². The summed E-state index contributed by atoms with van der Waals surface area (Å²) in [5, 5.41) is 19.6. The maximum atomic E-state index is 14.1. The quantitative estimate of drug-likeness (QED) is 0.308. The molecule has 1 unspecified atom stereocenters. The van der Waals surface area contributed by atoms with E-state index in [0.29, 0.717) is 35.7 Å². The average Bonchev–Trinajstić information content (AvgIpc) is 3.34. The zero-order valence-electron chi connectivity index (χ0n) is 22.9. The molecule has 2 aromatic heterocycles. The molecule has 1 atom stereocenters. The first kappa shape index (κ1) is 29.8. The van der Waals surface area contributed by atoms with Crippen molar-refractivity contribution in [1.29, 1.82) is 0 Å². The van der Waals surface area contributed by atoms with Crippen LogP contribution in [0.25, 0.3) is 16.7 Å². The largest absolute Gasteiger partial charge is 0.480 e. The number of amides is 1. The smallest absolute Gasteiger partial charge is 0.328 e. The molecule has 5 rings (SSSR count). The van der Waals surface area contributed by atoms with Crippen molar-refractivity contribution in [2.24, 2.45) is 5.41 Å². The fourth-order valence-corrected chi connectivity index (χ4v) is 7.37. The summed E-state index contributed by atoms with van der Waals surface area (Å²) >= 11 is 12.2. The van der Waals surface area contributed by atoms with E-state index in [2.05, 4.69) is 10.2 Å². The highest BCUT2D eigenvalue weighted by molar-refractivity contribution is 7.93. The Kier molecular flexibility index (Phi) is 7.92. The number of aliphatic carboxylic acids is 1. The van der Waals surface area contributed by atoms with Crippen molar-refractivity contribution in [1.82, 2.24) is 14.8 Å². The minimum atomic E-state index is -4.45. The van der Waals surface area contributed by atoms with Crippen LogP contribution in [0, 0.1) is 5.41 Å². The summed E-state index contributed by atoms with van der Waals surface area (Å²) < 4.78 is 36.0. The molecule has 3 heterocycles. The van der Waals surface area contributed by atoms with Gasteiger partial charge in [-0.05, 0) is 60.0 Å². The third-order valence-electron chi connectivity index (χ3n) is 6.76. The molecule has 1 saturated heterocycles. The van der Waals surface area contributed by atoms with E-state index in [1.165, 1.54) is 23.1 Å². The Balaban J connectivity index is 1.58. The topological polar surface area (TPSA) is 135 Å². The van der Waals surface area contributed by atoms with E-state index in [0.717, 1.165) is 4.31 Å². The summed E-state index contributed by atoms with van der Waals surface area (Å²) in [5.41, 5.74) is -0.179. The van der Waals surface area contributed by atoms with Gasteiger partial charge in [0.2, 0.25) is 0 Å². The zero-order chi connectivity index (χ0) is 30.4. The molecule has 0 radical (unpaired) electrons. The lowest BCUT2D eigenvalue weighted by molar-refractivity contribution is -0.140. The van der Waals surface area contributed by atoms with Crippen molar-refractivity contribution in [3.63, 3.8) is 0 Å². The minimum Gasteiger partial charge on any atom is -0.480 e. The highest BCUT2D eigenvalue weighted by Gasteiger charge is 2.43. The van der Waals surface area contributed by atoms with Crippen LogP contribution in [0.2, 0.25) is 10.0 Å². The van der Waals surface area contributed by atoms with Gasteiger partial charge in [-0.15, -0.1) is 10.2 Å². The number of fused-ring (bicyclic) bond motifs is 1. The molecular formula is C28H27Cl2N5O6S. The average molecular weight is 633 g/mol. The maximum Gasteiger partial charge on any atom is 0.328 e. The second kappa shape index (κ2) is 11.2. The summed E-state index contributed by atoms with van der Waals surface area (Å²) in [6.07, 6.45) is 1.74. The molecule has 1 amide bonds. The van der Waals surface area contributed by atoms with Gasteiger partial charge in [-0.3, -0.25) is 18.6 Å². The van der Waals surface area contributed by atoms with Gasteiger partial charge in [0, 0.05) is 21.6 Å². The zero-order valence-corrected chi connectivity index (χ0v) is 25.2. The molecule has 11 nitrogen and oxygen atoms in total. The van der Waals surface area contributed by atoms with Crippen LogP contribution in [0.4, 0.5) is 11.5 Å². The van der Waals surface area contributed by atoms with Crippen molar-refractivity contribution in [2.75, 3.05) is 29.0 Å². The Hall–Kier alpha value is -3.71. The number of aromatic nitrogens is 3. The Morgan fingerprint density at radius 1 is 1.02 bits per heavy atom. The summed E-state index contributed by atoms with van der Waals surface area (Å²) in [4.78, 5) is 26.0. The van der Waals surface area contributed by atoms with Gasteiger partial charge in [0.05, 0.1) is 29.3 Å². The van der Waals surface area contributed by atoms with Gasteiger partial charge in [0.15, 0.2) is 11.6 Å². The van der Waals surface area contributed by atoms with Gasteiger partial charge in [-0.1, -0.05) is 44.0 Å². The van der Waals surface area contributed by atoms with Crippen LogP contribution < -0.4 is 9.21 Å². The molecule has 0 aliphatic carbocycles. The summed E-state index contributed by atoms with van der Waals surface area (Å²) in [6.45, 7) is 5.75. The van der Waals surface area contributed by atoms with Gasteiger partial charge in [-0.2, -0.15) is 0 Å². The standard InChI is InChI=1S/C28H27Cl2N5O6S/c1-28(2,3)26(27(37)38)35(42(39,40)21-14-18(29)13-19(30)15-21)20-4-5-22-17(12-20)8-9-33(22)23-6-7-24(32-31-23)34-10-11-41-16-25(34)36/h4-9,12-15,26H,10-11,16H2,1-3H3,(H,37,38). The number of carboxylic acids is 1. The Morgan fingerprint density at radius 3 is 2.29 bits per heavy atom. The van der Waals surface area contributed by atoms with Gasteiger partial charge in [0.1, 0.15) is 12.6 Å². The summed E-state index contributed by atoms with van der Waals surface area (Å²) in [6, 6.07) is 12.4. The molecule has 1 N–H and O–H groups in total. The molecule has 14 heteroatoms. The number of rotatable bonds is 7. The molecule has 0 bridgehead atoms. The monoisotopic (exact) mass is 631 g/mol. The number of carbonyl (C=O) groups excluding carboxylic acids is 1. The molecule has 1 fully saturated rings. The molecule has 42 heavy (non-hydrogen) atoms. The molecule has 0 saturated carbocycles. The van der Waals surface area contributed by atoms with E-state index in [4.69, 9.17) is 27.9 Å². The molecule has 1 aliphatic heterocycles. The Labute approximate surface area is 252 Å². The van der Waals surface area contributed by atoms with Gasteiger partial charge >= 0.3 is 5.97 Å². The number of halogens is 2. The fourth-order valence-electron chi connectivity index (χ4n) is 4.86. The first-order valence-corrected chi connectivity index (χ1v) is 15.0. The molecular weight excluding hydrogens is 605 g/mol. The van der Waals surface area contributed by atoms with Crippen LogP contribution in [0.15, 0.2) is 65.7 Å². The number of nitrogens with zero attached hydrogens (tertiary/aromatic N) is 5. The second-order valence-corrected chi connectivity index (χ2v) is 13.5. The molecule has 220 valence electrons. The SMILES string of the molecule is CC(C)(C)C(C(=O)O)N(c1ccc2c(ccn2-c2ccc(N3CCOCC3=O)nn2)c1)S(=O)(=O)c1cc(Cl)cc(Cl)c1. The number of benzene rings is 2. The number of hydrogen-bond acceptors (Lipinski definition) is 7. The predicted molar refractivity (Wildman–Crippen MR) is 159 cm³/mol. The first-order valence-electron chi connectivity index (χ1n) is 12.8. The predicted octanol–water partition coefficient (Wildman–Crippen LogP) is 4.79. The lowest BCUT2D eigenvalue weighted by atomic mass is 9.86. The van der Waals surface area contributed by atoms with Crippen molar-refractivity contribution < 1.29 is 27.9 Å². The van der Waals surface area contributed by atoms with E-state index in [1.807, 2.05) is 0 Å². The summed E-state index contributed by atoms with van der Waals surface area (Å²) in [5.74, 6) is -0.629. The fraction of sp³-hybridized carbons (Fsp3) is 0.286. The van der Waals surface area contributed by atoms with E-state index in [9.17, 15) is 23.1 Å². The highest BCUT2D eigenvalue weighted by Crippen LogP contribution is 2.37. The van der Waals surface area contributed by atoms with Crippen molar-refractivity contribution in [2.45, 2.75) is 31.7 Å². The number of sulfonamides is 1. The van der Waals surface area contributed by atoms with E-state index < -0.39 is 27.4 Å². The van der Waals surface area contributed by atoms with Crippen LogP contribution in [-0.4, -0.2) is 66.0 Å². The van der Waals surface area contributed by atoms with Gasteiger partial charge < -0.3 is 9.84 Å². The normalized spacial score (nSPS) is 15.2. The van der Waals surface area contributed by atoms with E-state index >= 15 is 0 Å². The number of hydrogen-bond donors (Lipinski definition) is 1. The third-order valence-corrected chi connectivity index (χ3v) is 8.96. The van der Waals surface area contributed by atoms with E-state index in [1.54, 1.807) is 67.9 Å². The summed E-state index contributed by atoms with van der Waals surface area (Å²) in [7, 11) is -4.45. The van der Waals surface area contributed by atoms with Crippen LogP contribution in [0.1, 0.15) is 20.8 Å². The molecule has 1 aliphatic rings. The van der Waals surface area contributed by atoms with Gasteiger partial charge in [-0.25, -0.2) is 13.2 Å². The first-order chi connectivity index (χ1) is 19.8. The number of carboxylic acid groups (broad SMARTS) is 1. The van der Waals surface area contributed by atoms with Crippen LogP contribution >= 0.6 is 23.2 Å². The van der Waals surface area contributed by atoms with Crippen molar-refractivity contribution >= 4 is 67.5 Å². The van der Waals surface area contributed by atoms with Crippen molar-refractivity contribution in [3.05, 3.63) is 70.8 Å². The lowest BCUT2D eigenvalue weighted by Gasteiger charge is -2.37. The number of carbonyl (C=O) groups is 2. The Morgan fingerprint density at radius 2 is 1.69 bits per heavy atom. The third kappa shape index (κ3) is 5.67. The van der Waals surface area contributed by atoms with Crippen LogP contribution in [-0.2, 0) is 24.3 Å². The second-order valence-electron chi connectivity index (χ2n) is 10.8. The molecule has 4 aromatic rings. The Bertz CT molecular complexity index is 1770. The van der Waals surface area contributed by atoms with E-state index in [-0.39, 0.29) is 33.1 Å².